The molecule has 0 aromatic carbocycles. The van der Waals surface area contributed by atoms with E-state index >= 15 is 0 Å². The zero-order valence-corrected chi connectivity index (χ0v) is 12.3. The van der Waals surface area contributed by atoms with Crippen LogP contribution in [-0.2, 0) is 0 Å². The van der Waals surface area contributed by atoms with Crippen molar-refractivity contribution in [3.63, 3.8) is 0 Å². The molecule has 1 atom stereocenters. The monoisotopic (exact) mass is 258 g/mol. The molecule has 1 unspecified atom stereocenters. The maximum atomic E-state index is 4.22. The molecule has 1 aliphatic rings. The van der Waals surface area contributed by atoms with Gasteiger partial charge in [-0.2, -0.15) is 0 Å². The molecular formula is C17H26N2. The Balaban J connectivity index is 2.24. The van der Waals surface area contributed by atoms with Crippen LogP contribution in [0, 0.1) is 6.92 Å². The number of nitrogens with zero attached hydrogens (tertiary/aromatic N) is 1. The smallest absolute Gasteiger partial charge is 0.0539 e. The molecule has 1 aromatic rings. The first-order valence-corrected chi connectivity index (χ1v) is 7.65. The lowest BCUT2D eigenvalue weighted by Crippen LogP contribution is -2.24. The fourth-order valence-electron chi connectivity index (χ4n) is 2.84. The second kappa shape index (κ2) is 7.44. The second-order valence-corrected chi connectivity index (χ2v) is 5.50. The third-order valence-electron chi connectivity index (χ3n) is 3.92. The van der Waals surface area contributed by atoms with Crippen molar-refractivity contribution < 1.29 is 0 Å². The summed E-state index contributed by atoms with van der Waals surface area (Å²) in [6.45, 7) is 5.47. The maximum Gasteiger partial charge on any atom is 0.0539 e. The van der Waals surface area contributed by atoms with E-state index in [0.29, 0.717) is 6.04 Å². The average Bonchev–Trinajstić information content (AvgIpc) is 2.70. The van der Waals surface area contributed by atoms with E-state index in [1.165, 1.54) is 49.7 Å². The van der Waals surface area contributed by atoms with E-state index in [1.54, 1.807) is 5.57 Å². The van der Waals surface area contributed by atoms with E-state index in [-0.39, 0.29) is 0 Å². The van der Waals surface area contributed by atoms with Gasteiger partial charge in [0.05, 0.1) is 6.04 Å². The lowest BCUT2D eigenvalue weighted by molar-refractivity contribution is 0.564. The summed E-state index contributed by atoms with van der Waals surface area (Å²) in [6, 6.07) is 2.56. The highest BCUT2D eigenvalue weighted by Gasteiger charge is 2.18. The van der Waals surface area contributed by atoms with Crippen LogP contribution in [0.2, 0.25) is 0 Å². The molecular weight excluding hydrogens is 232 g/mol. The number of hydrogen-bond donors (Lipinski definition) is 1. The predicted molar refractivity (Wildman–Crippen MR) is 81.2 cm³/mol. The van der Waals surface area contributed by atoms with Crippen molar-refractivity contribution in [2.45, 2.75) is 58.4 Å². The van der Waals surface area contributed by atoms with E-state index in [4.69, 9.17) is 0 Å². The van der Waals surface area contributed by atoms with Gasteiger partial charge in [0, 0.05) is 12.4 Å². The van der Waals surface area contributed by atoms with Gasteiger partial charge in [-0.15, -0.1) is 0 Å². The van der Waals surface area contributed by atoms with E-state index in [0.717, 1.165) is 6.54 Å². The van der Waals surface area contributed by atoms with Gasteiger partial charge < -0.3 is 5.32 Å². The highest BCUT2D eigenvalue weighted by Crippen LogP contribution is 2.30. The van der Waals surface area contributed by atoms with Gasteiger partial charge in [0.1, 0.15) is 0 Å². The standard InChI is InChI=1S/C17H26N2/c1-3-11-19-17(15-8-6-4-5-7-9-15)16-10-12-18-13-14(16)2/h8,10,12-13,17,19H,3-7,9,11H2,1-2H3. The fourth-order valence-corrected chi connectivity index (χ4v) is 2.84. The van der Waals surface area contributed by atoms with Crippen LogP contribution in [0.3, 0.4) is 0 Å². The molecule has 19 heavy (non-hydrogen) atoms. The van der Waals surface area contributed by atoms with Crippen LogP contribution in [0.25, 0.3) is 0 Å². The molecule has 0 bridgehead atoms. The Kier molecular flexibility index (Phi) is 5.59. The summed E-state index contributed by atoms with van der Waals surface area (Å²) in [7, 11) is 0. The van der Waals surface area contributed by atoms with Crippen molar-refractivity contribution in [3.05, 3.63) is 41.2 Å². The first-order chi connectivity index (χ1) is 9.33. The molecule has 0 radical (unpaired) electrons. The Labute approximate surface area is 117 Å². The van der Waals surface area contributed by atoms with Crippen LogP contribution >= 0.6 is 0 Å². The molecule has 0 fully saturated rings. The number of pyridine rings is 1. The molecule has 0 spiro atoms. The van der Waals surface area contributed by atoms with E-state index in [2.05, 4.69) is 36.3 Å². The quantitative estimate of drug-likeness (QED) is 0.796. The van der Waals surface area contributed by atoms with E-state index in [9.17, 15) is 0 Å². The van der Waals surface area contributed by atoms with Crippen LogP contribution < -0.4 is 5.32 Å². The van der Waals surface area contributed by atoms with Crippen molar-refractivity contribution in [3.8, 4) is 0 Å². The highest BCUT2D eigenvalue weighted by molar-refractivity contribution is 5.33. The van der Waals surface area contributed by atoms with Gasteiger partial charge in [-0.1, -0.05) is 25.0 Å². The molecule has 0 aliphatic heterocycles. The minimum Gasteiger partial charge on any atom is -0.307 e. The molecule has 2 nitrogen and oxygen atoms in total. The van der Waals surface area contributed by atoms with Gasteiger partial charge in [-0.05, 0) is 62.8 Å². The molecule has 2 heteroatoms. The molecule has 1 aromatic heterocycles. The summed E-state index contributed by atoms with van der Waals surface area (Å²) in [5.74, 6) is 0. The summed E-state index contributed by atoms with van der Waals surface area (Å²) in [6.07, 6.45) is 14.1. The number of aryl methyl sites for hydroxylation is 1. The molecule has 2 rings (SSSR count). The zero-order valence-electron chi connectivity index (χ0n) is 12.3. The zero-order chi connectivity index (χ0) is 13.5. The van der Waals surface area contributed by atoms with Crippen molar-refractivity contribution in [2.75, 3.05) is 6.54 Å². The predicted octanol–water partition coefficient (Wildman–Crippen LogP) is 4.32. The second-order valence-electron chi connectivity index (χ2n) is 5.50. The Morgan fingerprint density at radius 3 is 3.00 bits per heavy atom. The molecule has 104 valence electrons. The number of hydrogen-bond acceptors (Lipinski definition) is 2. The van der Waals surface area contributed by atoms with Gasteiger partial charge in [0.2, 0.25) is 0 Å². The van der Waals surface area contributed by atoms with E-state index in [1.807, 2.05) is 12.4 Å². The molecule has 0 amide bonds. The molecule has 1 heterocycles. The first-order valence-electron chi connectivity index (χ1n) is 7.65. The molecule has 0 saturated heterocycles. The normalized spacial score (nSPS) is 17.7. The van der Waals surface area contributed by atoms with Crippen LogP contribution in [0.15, 0.2) is 30.1 Å². The van der Waals surface area contributed by atoms with Gasteiger partial charge >= 0.3 is 0 Å². The molecule has 0 saturated carbocycles. The summed E-state index contributed by atoms with van der Waals surface area (Å²) >= 11 is 0. The highest BCUT2D eigenvalue weighted by atomic mass is 14.9. The number of aromatic nitrogens is 1. The average molecular weight is 258 g/mol. The number of nitrogens with one attached hydrogen (secondary N) is 1. The lowest BCUT2D eigenvalue weighted by atomic mass is 9.93. The SMILES string of the molecule is CCCNC(C1=CCCCCC1)c1ccncc1C. The summed E-state index contributed by atoms with van der Waals surface area (Å²) in [5, 5.41) is 3.73. The maximum absolute atomic E-state index is 4.22. The van der Waals surface area contributed by atoms with Crippen molar-refractivity contribution in [1.82, 2.24) is 10.3 Å². The van der Waals surface area contributed by atoms with Crippen molar-refractivity contribution in [1.29, 1.82) is 0 Å². The summed E-state index contributed by atoms with van der Waals surface area (Å²) in [5.41, 5.74) is 4.28. The van der Waals surface area contributed by atoms with Crippen LogP contribution in [0.5, 0.6) is 0 Å². The Hall–Kier alpha value is -1.15. The third-order valence-corrected chi connectivity index (χ3v) is 3.92. The van der Waals surface area contributed by atoms with Crippen molar-refractivity contribution in [2.24, 2.45) is 0 Å². The van der Waals surface area contributed by atoms with Crippen LogP contribution in [0.1, 0.15) is 62.6 Å². The number of rotatable bonds is 5. The molecule has 1 aliphatic carbocycles. The Morgan fingerprint density at radius 2 is 2.21 bits per heavy atom. The van der Waals surface area contributed by atoms with E-state index < -0.39 is 0 Å². The third kappa shape index (κ3) is 3.90. The minimum absolute atomic E-state index is 0.390. The molecule has 1 N–H and O–H groups in total. The number of allylic oxidation sites excluding steroid dienone is 1. The topological polar surface area (TPSA) is 24.9 Å². The van der Waals surface area contributed by atoms with Gasteiger partial charge in [-0.3, -0.25) is 4.98 Å². The van der Waals surface area contributed by atoms with Crippen LogP contribution in [0.4, 0.5) is 0 Å². The van der Waals surface area contributed by atoms with Crippen molar-refractivity contribution >= 4 is 0 Å². The van der Waals surface area contributed by atoms with Gasteiger partial charge in [-0.25, -0.2) is 0 Å². The fraction of sp³-hybridized carbons (Fsp3) is 0.588. The summed E-state index contributed by atoms with van der Waals surface area (Å²) < 4.78 is 0. The Bertz CT molecular complexity index is 423. The largest absolute Gasteiger partial charge is 0.307 e. The summed E-state index contributed by atoms with van der Waals surface area (Å²) in [4.78, 5) is 4.22. The van der Waals surface area contributed by atoms with Gasteiger partial charge in [0.25, 0.3) is 0 Å². The van der Waals surface area contributed by atoms with Crippen LogP contribution in [-0.4, -0.2) is 11.5 Å². The first kappa shape index (κ1) is 14.3. The lowest BCUT2D eigenvalue weighted by Gasteiger charge is -2.23. The van der Waals surface area contributed by atoms with Gasteiger partial charge in [0.15, 0.2) is 0 Å². The Morgan fingerprint density at radius 1 is 1.32 bits per heavy atom. The minimum atomic E-state index is 0.390.